The molecule has 54 valence electrons. The first-order valence-electron chi connectivity index (χ1n) is 3.05. The van der Waals surface area contributed by atoms with Gasteiger partial charge in [0.2, 0.25) is 0 Å². The highest BCUT2D eigenvalue weighted by molar-refractivity contribution is 7.83. The van der Waals surface area contributed by atoms with Gasteiger partial charge in [0.25, 0.3) is 0 Å². The minimum absolute atomic E-state index is 0.938. The summed E-state index contributed by atoms with van der Waals surface area (Å²) in [6, 6.07) is 0. The molecular formula is C7H10N2S. The van der Waals surface area contributed by atoms with Crippen LogP contribution in [0, 0.1) is 6.92 Å². The molecular weight excluding hydrogens is 144 g/mol. The van der Waals surface area contributed by atoms with Gasteiger partial charge in [-0.3, -0.25) is 0 Å². The average molecular weight is 154 g/mol. The van der Waals surface area contributed by atoms with Crippen LogP contribution in [-0.4, -0.2) is 9.55 Å². The predicted molar refractivity (Wildman–Crippen MR) is 46.0 cm³/mol. The second-order valence-electron chi connectivity index (χ2n) is 2.13. The van der Waals surface area contributed by atoms with Crippen molar-refractivity contribution in [3.8, 4) is 0 Å². The molecule has 0 bridgehead atoms. The predicted octanol–water partition coefficient (Wildman–Crippen LogP) is 1.63. The van der Waals surface area contributed by atoms with E-state index in [9.17, 15) is 0 Å². The number of imidazole rings is 1. The van der Waals surface area contributed by atoms with Crippen molar-refractivity contribution in [3.63, 3.8) is 0 Å². The Bertz CT molecular complexity index is 250. The zero-order valence-corrected chi connectivity index (χ0v) is 6.97. The molecule has 2 nitrogen and oxygen atoms in total. The van der Waals surface area contributed by atoms with Gasteiger partial charge in [-0.1, -0.05) is 0 Å². The Labute approximate surface area is 66.0 Å². The van der Waals surface area contributed by atoms with E-state index in [1.807, 2.05) is 30.8 Å². The van der Waals surface area contributed by atoms with Gasteiger partial charge in [-0.25, -0.2) is 4.98 Å². The Morgan fingerprint density at radius 3 is 2.80 bits per heavy atom. The van der Waals surface area contributed by atoms with Gasteiger partial charge in [0.15, 0.2) is 0 Å². The van der Waals surface area contributed by atoms with E-state index in [1.165, 1.54) is 0 Å². The summed E-state index contributed by atoms with van der Waals surface area (Å²) in [4.78, 5) is 4.13. The largest absolute Gasteiger partial charge is 0.332 e. The molecule has 1 aromatic heterocycles. The zero-order chi connectivity index (χ0) is 7.56. The monoisotopic (exact) mass is 154 g/mol. The van der Waals surface area contributed by atoms with E-state index in [1.54, 1.807) is 5.41 Å². The van der Waals surface area contributed by atoms with Crippen molar-refractivity contribution in [3.05, 3.63) is 23.1 Å². The van der Waals surface area contributed by atoms with Gasteiger partial charge in [0.1, 0.15) is 5.82 Å². The van der Waals surface area contributed by atoms with E-state index in [4.69, 9.17) is 0 Å². The van der Waals surface area contributed by atoms with Crippen LogP contribution in [0.4, 0.5) is 0 Å². The highest BCUT2D eigenvalue weighted by Crippen LogP contribution is 2.02. The summed E-state index contributed by atoms with van der Waals surface area (Å²) < 4.78 is 2.01. The van der Waals surface area contributed by atoms with Gasteiger partial charge >= 0.3 is 0 Å². The molecule has 0 unspecified atom stereocenters. The van der Waals surface area contributed by atoms with Crippen molar-refractivity contribution in [2.45, 2.75) is 6.92 Å². The van der Waals surface area contributed by atoms with E-state index in [2.05, 4.69) is 17.6 Å². The third kappa shape index (κ3) is 1.24. The average Bonchev–Trinajstić information content (AvgIpc) is 2.20. The Balaban J connectivity index is 3.05. The summed E-state index contributed by atoms with van der Waals surface area (Å²) in [6.07, 6.45) is 3.69. The molecule has 0 saturated carbocycles. The third-order valence-corrected chi connectivity index (χ3v) is 1.63. The van der Waals surface area contributed by atoms with Crippen molar-refractivity contribution in [2.24, 2.45) is 7.05 Å². The van der Waals surface area contributed by atoms with E-state index >= 15 is 0 Å². The van der Waals surface area contributed by atoms with Crippen LogP contribution >= 0.6 is 12.6 Å². The molecule has 0 aliphatic rings. The van der Waals surface area contributed by atoms with Crippen LogP contribution in [0.2, 0.25) is 0 Å². The maximum absolute atomic E-state index is 4.13. The van der Waals surface area contributed by atoms with Crippen molar-refractivity contribution in [2.75, 3.05) is 0 Å². The summed E-state index contributed by atoms with van der Waals surface area (Å²) in [5, 5.41) is 1.68. The number of aryl methyl sites for hydroxylation is 1. The molecule has 0 amide bonds. The molecule has 0 N–H and O–H groups in total. The number of hydrogen-bond acceptors (Lipinski definition) is 2. The summed E-state index contributed by atoms with van der Waals surface area (Å²) in [7, 11) is 1.98. The second-order valence-corrected chi connectivity index (χ2v) is 2.43. The van der Waals surface area contributed by atoms with Crippen LogP contribution < -0.4 is 0 Å². The minimum Gasteiger partial charge on any atom is -0.332 e. The van der Waals surface area contributed by atoms with Crippen LogP contribution in [-0.2, 0) is 7.05 Å². The van der Waals surface area contributed by atoms with Crippen molar-refractivity contribution < 1.29 is 0 Å². The first-order chi connectivity index (χ1) is 4.75. The van der Waals surface area contributed by atoms with Crippen molar-refractivity contribution in [1.29, 1.82) is 0 Å². The zero-order valence-electron chi connectivity index (χ0n) is 6.07. The Morgan fingerprint density at radius 1 is 1.70 bits per heavy atom. The number of rotatable bonds is 1. The van der Waals surface area contributed by atoms with Crippen LogP contribution in [0.5, 0.6) is 0 Å². The molecule has 0 spiro atoms. The fraction of sp³-hybridized carbons (Fsp3) is 0.286. The van der Waals surface area contributed by atoms with E-state index in [-0.39, 0.29) is 0 Å². The highest BCUT2D eigenvalue weighted by atomic mass is 32.1. The van der Waals surface area contributed by atoms with E-state index in [0.717, 1.165) is 11.5 Å². The smallest absolute Gasteiger partial charge is 0.133 e. The summed E-state index contributed by atoms with van der Waals surface area (Å²) in [5.74, 6) is 0.938. The van der Waals surface area contributed by atoms with Crippen LogP contribution in [0.25, 0.3) is 6.08 Å². The number of nitrogens with zero attached hydrogens (tertiary/aromatic N) is 2. The first-order valence-corrected chi connectivity index (χ1v) is 3.56. The number of thiol groups is 1. The van der Waals surface area contributed by atoms with Crippen molar-refractivity contribution >= 4 is 18.7 Å². The lowest BCUT2D eigenvalue weighted by Crippen LogP contribution is -1.92. The second kappa shape index (κ2) is 2.92. The molecule has 1 rings (SSSR count). The van der Waals surface area contributed by atoms with Gasteiger partial charge in [-0.05, 0) is 18.4 Å². The van der Waals surface area contributed by atoms with Gasteiger partial charge < -0.3 is 4.57 Å². The SMILES string of the molecule is Cc1cnc(/C=C/S)n1C. The molecule has 0 aliphatic carbocycles. The lowest BCUT2D eigenvalue weighted by Gasteiger charge is -1.95. The maximum Gasteiger partial charge on any atom is 0.133 e. The molecule has 0 atom stereocenters. The molecule has 0 fully saturated rings. The Kier molecular flexibility index (Phi) is 2.17. The first kappa shape index (κ1) is 7.41. The standard InChI is InChI=1S/C7H10N2S/c1-6-5-8-7(3-4-10)9(6)2/h3-5,10H,1-2H3/b4-3+. The molecule has 0 aliphatic heterocycles. The topological polar surface area (TPSA) is 17.8 Å². The summed E-state index contributed by atoms with van der Waals surface area (Å²) in [6.45, 7) is 2.02. The van der Waals surface area contributed by atoms with Crippen LogP contribution in [0.15, 0.2) is 11.6 Å². The highest BCUT2D eigenvalue weighted by Gasteiger charge is 1.96. The molecule has 3 heteroatoms. The van der Waals surface area contributed by atoms with Crippen LogP contribution in [0.1, 0.15) is 11.5 Å². The van der Waals surface area contributed by atoms with E-state index in [0.29, 0.717) is 0 Å². The summed E-state index contributed by atoms with van der Waals surface area (Å²) >= 11 is 3.95. The minimum atomic E-state index is 0.938. The maximum atomic E-state index is 4.13. The molecule has 1 heterocycles. The quantitative estimate of drug-likeness (QED) is 0.609. The lowest BCUT2D eigenvalue weighted by molar-refractivity contribution is 0.860. The van der Waals surface area contributed by atoms with Gasteiger partial charge in [0.05, 0.1) is 0 Å². The van der Waals surface area contributed by atoms with Crippen LogP contribution in [0.3, 0.4) is 0 Å². The van der Waals surface area contributed by atoms with Gasteiger partial charge in [-0.15, -0.1) is 0 Å². The number of hydrogen-bond donors (Lipinski definition) is 1. The molecule has 10 heavy (non-hydrogen) atoms. The van der Waals surface area contributed by atoms with Crippen molar-refractivity contribution in [1.82, 2.24) is 9.55 Å². The molecule has 1 aromatic rings. The third-order valence-electron chi connectivity index (χ3n) is 1.48. The van der Waals surface area contributed by atoms with Gasteiger partial charge in [-0.2, -0.15) is 12.6 Å². The molecule has 0 aromatic carbocycles. The van der Waals surface area contributed by atoms with Gasteiger partial charge in [0, 0.05) is 18.9 Å². The number of aromatic nitrogens is 2. The normalized spacial score (nSPS) is 11.1. The van der Waals surface area contributed by atoms with E-state index < -0.39 is 0 Å². The fourth-order valence-corrected chi connectivity index (χ4v) is 0.868. The lowest BCUT2D eigenvalue weighted by atomic mass is 10.5. The fourth-order valence-electron chi connectivity index (χ4n) is 0.735. The molecule has 0 saturated heterocycles. The summed E-state index contributed by atoms with van der Waals surface area (Å²) in [5.41, 5.74) is 1.15. The Hall–Kier alpha value is -0.700. The molecule has 0 radical (unpaired) electrons. The Morgan fingerprint density at radius 2 is 2.40 bits per heavy atom.